The summed E-state index contributed by atoms with van der Waals surface area (Å²) in [5.41, 5.74) is 0. The van der Waals surface area contributed by atoms with Crippen molar-refractivity contribution in [1.29, 1.82) is 0 Å². The molecule has 1 heterocycles. The van der Waals surface area contributed by atoms with Gasteiger partial charge in [-0.3, -0.25) is 0 Å². The second kappa shape index (κ2) is 4.67. The molecule has 0 aliphatic heterocycles. The molecule has 1 aromatic heterocycles. The fourth-order valence-corrected chi connectivity index (χ4v) is 5.05. The van der Waals surface area contributed by atoms with Gasteiger partial charge in [0.2, 0.25) is 0 Å². The van der Waals surface area contributed by atoms with E-state index in [0.29, 0.717) is 0 Å². The Hall–Kier alpha value is -1.65. The molecule has 0 saturated heterocycles. The van der Waals surface area contributed by atoms with Gasteiger partial charge in [-0.25, -0.2) is 0 Å². The molecule has 0 fully saturated rings. The van der Waals surface area contributed by atoms with Crippen LogP contribution >= 0.6 is 33.9 Å². The Morgan fingerprint density at radius 3 is 2.32 bits per heavy atom. The monoisotopic (exact) mass is 410 g/mol. The minimum atomic E-state index is 1.28. The summed E-state index contributed by atoms with van der Waals surface area (Å²) >= 11 is 4.28. The van der Waals surface area contributed by atoms with Crippen LogP contribution in [0.4, 0.5) is 0 Å². The highest BCUT2D eigenvalue weighted by Crippen LogP contribution is 2.40. The predicted molar refractivity (Wildman–Crippen MR) is 107 cm³/mol. The molecule has 0 aliphatic rings. The van der Waals surface area contributed by atoms with Crippen LogP contribution in [0.25, 0.3) is 41.7 Å². The van der Waals surface area contributed by atoms with Crippen molar-refractivity contribution in [3.63, 3.8) is 0 Å². The first-order valence-electron chi connectivity index (χ1n) is 7.23. The molecule has 0 saturated carbocycles. The zero-order valence-electron chi connectivity index (χ0n) is 11.6. The number of hydrogen-bond acceptors (Lipinski definition) is 1. The smallest absolute Gasteiger partial charge is 0.0434 e. The number of benzene rings is 4. The van der Waals surface area contributed by atoms with Crippen molar-refractivity contribution in [2.24, 2.45) is 0 Å². The Bertz CT molecular complexity index is 1180. The SMILES string of the molecule is Ic1ccc2c(ccc3c2ccc2c4ccccc4sc23)c1. The summed E-state index contributed by atoms with van der Waals surface area (Å²) in [6, 6.07) is 24.5. The second-order valence-corrected chi connectivity index (χ2v) is 7.86. The normalized spacial score (nSPS) is 11.9. The summed E-state index contributed by atoms with van der Waals surface area (Å²) in [7, 11) is 0. The first-order valence-corrected chi connectivity index (χ1v) is 9.13. The summed E-state index contributed by atoms with van der Waals surface area (Å²) in [6.07, 6.45) is 0. The van der Waals surface area contributed by atoms with E-state index >= 15 is 0 Å². The Labute approximate surface area is 145 Å². The average Bonchev–Trinajstić information content (AvgIpc) is 2.93. The largest absolute Gasteiger partial charge is 0.135 e. The Kier molecular flexibility index (Phi) is 2.73. The quantitative estimate of drug-likeness (QED) is 0.191. The van der Waals surface area contributed by atoms with Gasteiger partial charge in [0, 0.05) is 29.1 Å². The molecule has 0 aliphatic carbocycles. The molecule has 22 heavy (non-hydrogen) atoms. The van der Waals surface area contributed by atoms with Crippen LogP contribution in [0.3, 0.4) is 0 Å². The molecular weight excluding hydrogens is 399 g/mol. The van der Waals surface area contributed by atoms with E-state index < -0.39 is 0 Å². The lowest BCUT2D eigenvalue weighted by Crippen LogP contribution is -1.79. The third-order valence-corrected chi connectivity index (χ3v) is 6.21. The zero-order valence-corrected chi connectivity index (χ0v) is 14.6. The minimum Gasteiger partial charge on any atom is -0.135 e. The number of halogens is 1. The van der Waals surface area contributed by atoms with Crippen LogP contribution < -0.4 is 0 Å². The molecule has 5 aromatic rings. The van der Waals surface area contributed by atoms with Gasteiger partial charge in [0.05, 0.1) is 0 Å². The molecule has 4 aromatic carbocycles. The van der Waals surface area contributed by atoms with Crippen LogP contribution in [0.5, 0.6) is 0 Å². The van der Waals surface area contributed by atoms with Gasteiger partial charge < -0.3 is 0 Å². The molecule has 2 heteroatoms. The maximum Gasteiger partial charge on any atom is 0.0434 e. The van der Waals surface area contributed by atoms with Crippen LogP contribution in [0.1, 0.15) is 0 Å². The first-order chi connectivity index (χ1) is 10.8. The van der Waals surface area contributed by atoms with Gasteiger partial charge in [-0.15, -0.1) is 11.3 Å². The van der Waals surface area contributed by atoms with E-state index in [1.165, 1.54) is 45.3 Å². The lowest BCUT2D eigenvalue weighted by Gasteiger charge is -2.05. The second-order valence-electron chi connectivity index (χ2n) is 5.57. The zero-order chi connectivity index (χ0) is 14.7. The highest BCUT2D eigenvalue weighted by Gasteiger charge is 2.09. The summed E-state index contributed by atoms with van der Waals surface area (Å²) in [5, 5.41) is 8.13. The van der Waals surface area contributed by atoms with Gasteiger partial charge in [-0.2, -0.15) is 0 Å². The number of thiophene rings is 1. The summed E-state index contributed by atoms with van der Waals surface area (Å²) in [5.74, 6) is 0. The molecule has 0 nitrogen and oxygen atoms in total. The molecule has 0 spiro atoms. The summed E-state index contributed by atoms with van der Waals surface area (Å²) in [6.45, 7) is 0. The highest BCUT2D eigenvalue weighted by molar-refractivity contribution is 14.1. The van der Waals surface area contributed by atoms with Gasteiger partial charge in [0.25, 0.3) is 0 Å². The van der Waals surface area contributed by atoms with E-state index in [-0.39, 0.29) is 0 Å². The van der Waals surface area contributed by atoms with E-state index in [1.54, 1.807) is 0 Å². The summed E-state index contributed by atoms with van der Waals surface area (Å²) in [4.78, 5) is 0. The predicted octanol–water partition coefficient (Wildman–Crippen LogP) is 6.97. The van der Waals surface area contributed by atoms with Crippen molar-refractivity contribution < 1.29 is 0 Å². The molecule has 0 N–H and O–H groups in total. The summed E-state index contributed by atoms with van der Waals surface area (Å²) < 4.78 is 4.05. The maximum atomic E-state index is 2.38. The fourth-order valence-electron chi connectivity index (χ4n) is 3.30. The van der Waals surface area contributed by atoms with Gasteiger partial charge in [-0.05, 0) is 56.9 Å². The van der Waals surface area contributed by atoms with Gasteiger partial charge in [0.15, 0.2) is 0 Å². The first kappa shape index (κ1) is 12.9. The van der Waals surface area contributed by atoms with Crippen molar-refractivity contribution >= 4 is 75.6 Å². The number of rotatable bonds is 0. The van der Waals surface area contributed by atoms with E-state index in [2.05, 4.69) is 89.3 Å². The molecule has 104 valence electrons. The molecule has 0 amide bonds. The van der Waals surface area contributed by atoms with Crippen molar-refractivity contribution in [2.75, 3.05) is 0 Å². The van der Waals surface area contributed by atoms with E-state index in [9.17, 15) is 0 Å². The van der Waals surface area contributed by atoms with Crippen LogP contribution in [-0.2, 0) is 0 Å². The molecule has 5 rings (SSSR count). The molecule has 0 atom stereocenters. The van der Waals surface area contributed by atoms with Crippen molar-refractivity contribution in [1.82, 2.24) is 0 Å². The third-order valence-electron chi connectivity index (χ3n) is 4.32. The molecule has 0 radical (unpaired) electrons. The average molecular weight is 410 g/mol. The van der Waals surface area contributed by atoms with Crippen LogP contribution in [0.2, 0.25) is 0 Å². The van der Waals surface area contributed by atoms with Crippen LogP contribution in [-0.4, -0.2) is 0 Å². The Balaban J connectivity index is 2.02. The maximum absolute atomic E-state index is 2.38. The van der Waals surface area contributed by atoms with Gasteiger partial charge >= 0.3 is 0 Å². The minimum absolute atomic E-state index is 1.28. The topological polar surface area (TPSA) is 0 Å². The molecular formula is C20H11IS. The third kappa shape index (κ3) is 1.74. The van der Waals surface area contributed by atoms with E-state index in [4.69, 9.17) is 0 Å². The van der Waals surface area contributed by atoms with Crippen LogP contribution in [0, 0.1) is 3.57 Å². The standard InChI is InChI=1S/C20H11IS/c21-13-6-8-14-12(11-13)5-7-17-15(14)9-10-18-16-3-1-2-4-19(16)22-20(17)18/h1-11H. The van der Waals surface area contributed by atoms with Crippen molar-refractivity contribution in [3.05, 3.63) is 70.3 Å². The van der Waals surface area contributed by atoms with Crippen molar-refractivity contribution in [3.8, 4) is 0 Å². The molecule has 0 bridgehead atoms. The Morgan fingerprint density at radius 1 is 0.636 bits per heavy atom. The molecule has 0 unspecified atom stereocenters. The lowest BCUT2D eigenvalue weighted by atomic mass is 10.00. The number of hydrogen-bond donors (Lipinski definition) is 0. The van der Waals surface area contributed by atoms with Crippen molar-refractivity contribution in [2.45, 2.75) is 0 Å². The van der Waals surface area contributed by atoms with Gasteiger partial charge in [0.1, 0.15) is 0 Å². The number of fused-ring (bicyclic) bond motifs is 7. The Morgan fingerprint density at radius 2 is 1.36 bits per heavy atom. The van der Waals surface area contributed by atoms with Crippen LogP contribution in [0.15, 0.2) is 66.7 Å². The highest BCUT2D eigenvalue weighted by atomic mass is 127. The van der Waals surface area contributed by atoms with Gasteiger partial charge in [-0.1, -0.05) is 48.5 Å². The van der Waals surface area contributed by atoms with E-state index in [1.807, 2.05) is 11.3 Å². The fraction of sp³-hybridized carbons (Fsp3) is 0. The van der Waals surface area contributed by atoms with E-state index in [0.717, 1.165) is 0 Å². The lowest BCUT2D eigenvalue weighted by molar-refractivity contribution is 1.73.